The third-order valence-electron chi connectivity index (χ3n) is 2.74. The molecule has 2 aromatic rings. The zero-order valence-electron chi connectivity index (χ0n) is 10.2. The fourth-order valence-corrected chi connectivity index (χ4v) is 1.86. The van der Waals surface area contributed by atoms with Gasteiger partial charge in [-0.25, -0.2) is 13.2 Å². The first-order valence-corrected chi connectivity index (χ1v) is 6.17. The third kappa shape index (κ3) is 3.43. The van der Waals surface area contributed by atoms with Gasteiger partial charge >= 0.3 is 0 Å². The molecule has 0 spiro atoms. The van der Waals surface area contributed by atoms with Gasteiger partial charge in [-0.1, -0.05) is 17.7 Å². The summed E-state index contributed by atoms with van der Waals surface area (Å²) < 4.78 is 38.9. The molecule has 106 valence electrons. The van der Waals surface area contributed by atoms with E-state index >= 15 is 0 Å². The molecule has 0 aromatic heterocycles. The smallest absolute Gasteiger partial charge is 0.159 e. The van der Waals surface area contributed by atoms with E-state index in [9.17, 15) is 18.3 Å². The molecule has 0 bridgehead atoms. The van der Waals surface area contributed by atoms with Gasteiger partial charge in [-0.15, -0.1) is 0 Å². The van der Waals surface area contributed by atoms with Gasteiger partial charge in [0, 0.05) is 6.54 Å². The summed E-state index contributed by atoms with van der Waals surface area (Å²) >= 11 is 5.85. The Balaban J connectivity index is 2.06. The fraction of sp³-hybridized carbons (Fsp3) is 0.143. The Hall–Kier alpha value is -1.72. The molecule has 0 saturated heterocycles. The van der Waals surface area contributed by atoms with E-state index in [0.29, 0.717) is 10.7 Å². The summed E-state index contributed by atoms with van der Waals surface area (Å²) in [5.74, 6) is -2.49. The first-order valence-electron chi connectivity index (χ1n) is 5.79. The molecule has 1 atom stereocenters. The summed E-state index contributed by atoms with van der Waals surface area (Å²) in [4.78, 5) is 0. The quantitative estimate of drug-likeness (QED) is 0.897. The van der Waals surface area contributed by atoms with Crippen molar-refractivity contribution in [1.29, 1.82) is 0 Å². The van der Waals surface area contributed by atoms with E-state index in [4.69, 9.17) is 11.6 Å². The predicted octanol–water partition coefficient (Wildman–Crippen LogP) is 3.90. The molecular formula is C14H11ClF3NO. The fourth-order valence-electron chi connectivity index (χ4n) is 1.68. The molecule has 0 fully saturated rings. The lowest BCUT2D eigenvalue weighted by Gasteiger charge is -2.14. The summed E-state index contributed by atoms with van der Waals surface area (Å²) in [6, 6.07) is 6.89. The molecule has 2 aromatic carbocycles. The maximum atomic E-state index is 13.0. The number of halogens is 4. The van der Waals surface area contributed by atoms with Crippen LogP contribution in [0.15, 0.2) is 36.4 Å². The van der Waals surface area contributed by atoms with E-state index in [1.54, 1.807) is 0 Å². The van der Waals surface area contributed by atoms with E-state index in [1.165, 1.54) is 24.3 Å². The topological polar surface area (TPSA) is 32.3 Å². The van der Waals surface area contributed by atoms with Gasteiger partial charge in [-0.05, 0) is 35.9 Å². The number of hydrogen-bond donors (Lipinski definition) is 2. The Labute approximate surface area is 118 Å². The maximum absolute atomic E-state index is 13.0. The minimum Gasteiger partial charge on any atom is -0.387 e. The summed E-state index contributed by atoms with van der Waals surface area (Å²) in [5.41, 5.74) is 0.525. The largest absolute Gasteiger partial charge is 0.387 e. The summed E-state index contributed by atoms with van der Waals surface area (Å²) in [5, 5.41) is 12.9. The Bertz CT molecular complexity index is 621. The van der Waals surface area contributed by atoms with Crippen molar-refractivity contribution in [3.05, 3.63) is 64.4 Å². The highest BCUT2D eigenvalue weighted by Gasteiger charge is 2.11. The predicted molar refractivity (Wildman–Crippen MR) is 71.2 cm³/mol. The maximum Gasteiger partial charge on any atom is 0.159 e. The third-order valence-corrected chi connectivity index (χ3v) is 3.07. The Morgan fingerprint density at radius 1 is 1.05 bits per heavy atom. The lowest BCUT2D eigenvalue weighted by atomic mass is 10.1. The molecule has 20 heavy (non-hydrogen) atoms. The highest BCUT2D eigenvalue weighted by molar-refractivity contribution is 6.33. The van der Waals surface area contributed by atoms with Gasteiger partial charge < -0.3 is 10.4 Å². The second-order valence-electron chi connectivity index (χ2n) is 4.19. The van der Waals surface area contributed by atoms with E-state index < -0.39 is 23.6 Å². The first kappa shape index (κ1) is 14.7. The van der Waals surface area contributed by atoms with Crippen molar-refractivity contribution in [3.63, 3.8) is 0 Å². The van der Waals surface area contributed by atoms with Crippen molar-refractivity contribution in [1.82, 2.24) is 0 Å². The van der Waals surface area contributed by atoms with Gasteiger partial charge in [0.1, 0.15) is 5.82 Å². The van der Waals surface area contributed by atoms with Crippen molar-refractivity contribution < 1.29 is 18.3 Å². The van der Waals surface area contributed by atoms with Crippen LogP contribution in [0.2, 0.25) is 5.02 Å². The number of rotatable bonds is 4. The molecule has 2 nitrogen and oxygen atoms in total. The van der Waals surface area contributed by atoms with Crippen molar-refractivity contribution in [2.75, 3.05) is 11.9 Å². The van der Waals surface area contributed by atoms with Gasteiger partial charge in [0.2, 0.25) is 0 Å². The minimum atomic E-state index is -1.08. The van der Waals surface area contributed by atoms with Gasteiger partial charge in [-0.2, -0.15) is 0 Å². The molecule has 0 aliphatic heterocycles. The van der Waals surface area contributed by atoms with Gasteiger partial charge in [0.25, 0.3) is 0 Å². The molecule has 0 radical (unpaired) electrons. The molecule has 0 aliphatic carbocycles. The number of aliphatic hydroxyl groups excluding tert-OH is 1. The van der Waals surface area contributed by atoms with Crippen LogP contribution in [0, 0.1) is 17.5 Å². The van der Waals surface area contributed by atoms with Crippen molar-refractivity contribution in [2.45, 2.75) is 6.10 Å². The second-order valence-corrected chi connectivity index (χ2v) is 4.60. The van der Waals surface area contributed by atoms with Gasteiger partial charge in [0.05, 0.1) is 16.8 Å². The zero-order valence-corrected chi connectivity index (χ0v) is 11.0. The number of anilines is 1. The van der Waals surface area contributed by atoms with Crippen LogP contribution in [0.1, 0.15) is 11.7 Å². The first-order chi connectivity index (χ1) is 9.47. The van der Waals surface area contributed by atoms with E-state index in [1.807, 2.05) is 0 Å². The normalized spacial score (nSPS) is 12.2. The average Bonchev–Trinajstić information content (AvgIpc) is 2.42. The molecule has 2 N–H and O–H groups in total. The zero-order chi connectivity index (χ0) is 14.7. The van der Waals surface area contributed by atoms with Crippen LogP contribution in [0.25, 0.3) is 0 Å². The van der Waals surface area contributed by atoms with Crippen molar-refractivity contribution in [2.24, 2.45) is 0 Å². The number of nitrogens with one attached hydrogen (secondary N) is 1. The van der Waals surface area contributed by atoms with E-state index in [0.717, 1.165) is 12.1 Å². The van der Waals surface area contributed by atoms with Crippen LogP contribution in [0.3, 0.4) is 0 Å². The SMILES string of the molecule is OC(CNc1cc(F)ccc1Cl)c1ccc(F)c(F)c1. The van der Waals surface area contributed by atoms with Crippen LogP contribution in [0.5, 0.6) is 0 Å². The summed E-state index contributed by atoms with van der Waals surface area (Å²) in [6.45, 7) is -0.0196. The van der Waals surface area contributed by atoms with Gasteiger partial charge in [0.15, 0.2) is 11.6 Å². The lowest BCUT2D eigenvalue weighted by Crippen LogP contribution is -2.13. The molecule has 6 heteroatoms. The van der Waals surface area contributed by atoms with Crippen molar-refractivity contribution in [3.8, 4) is 0 Å². The highest BCUT2D eigenvalue weighted by atomic mass is 35.5. The lowest BCUT2D eigenvalue weighted by molar-refractivity contribution is 0.191. The summed E-state index contributed by atoms with van der Waals surface area (Å²) in [7, 11) is 0. The van der Waals surface area contributed by atoms with Crippen LogP contribution >= 0.6 is 11.6 Å². The van der Waals surface area contributed by atoms with Crippen LogP contribution in [-0.4, -0.2) is 11.7 Å². The van der Waals surface area contributed by atoms with Crippen LogP contribution in [-0.2, 0) is 0 Å². The standard InChI is InChI=1S/C14H11ClF3NO/c15-10-3-2-9(16)6-13(10)19-7-14(20)8-1-4-11(17)12(18)5-8/h1-6,14,19-20H,7H2. The van der Waals surface area contributed by atoms with Crippen molar-refractivity contribution >= 4 is 17.3 Å². The highest BCUT2D eigenvalue weighted by Crippen LogP contribution is 2.24. The molecular weight excluding hydrogens is 291 g/mol. The molecule has 0 aliphatic rings. The molecule has 0 saturated carbocycles. The number of benzene rings is 2. The Morgan fingerprint density at radius 3 is 2.50 bits per heavy atom. The van der Waals surface area contributed by atoms with E-state index in [2.05, 4.69) is 5.32 Å². The Kier molecular flexibility index (Phi) is 4.52. The van der Waals surface area contributed by atoms with Gasteiger partial charge in [-0.3, -0.25) is 0 Å². The van der Waals surface area contributed by atoms with E-state index in [-0.39, 0.29) is 12.1 Å². The van der Waals surface area contributed by atoms with Crippen LogP contribution < -0.4 is 5.32 Å². The molecule has 0 amide bonds. The minimum absolute atomic E-state index is 0.0196. The monoisotopic (exact) mass is 301 g/mol. The molecule has 1 unspecified atom stereocenters. The van der Waals surface area contributed by atoms with Crippen LogP contribution in [0.4, 0.5) is 18.9 Å². The summed E-state index contributed by atoms with van der Waals surface area (Å²) in [6.07, 6.45) is -1.08. The average molecular weight is 302 g/mol. The number of hydrogen-bond acceptors (Lipinski definition) is 2. The molecule has 0 heterocycles. The molecule has 2 rings (SSSR count). The second kappa shape index (κ2) is 6.15. The number of aliphatic hydroxyl groups is 1. The Morgan fingerprint density at radius 2 is 1.80 bits per heavy atom.